The molecule has 0 aliphatic carbocycles. The lowest BCUT2D eigenvalue weighted by molar-refractivity contribution is 0.0688. The molecule has 1 aromatic rings. The predicted molar refractivity (Wildman–Crippen MR) is 106 cm³/mol. The molecule has 0 fully saturated rings. The summed E-state index contributed by atoms with van der Waals surface area (Å²) in [5.74, 6) is -1.17. The van der Waals surface area contributed by atoms with Gasteiger partial charge in [-0.3, -0.25) is 0 Å². The number of aromatic carboxylic acids is 1. The van der Waals surface area contributed by atoms with Crippen LogP contribution in [0.25, 0.3) is 0 Å². The molecule has 0 saturated carbocycles. The van der Waals surface area contributed by atoms with Crippen molar-refractivity contribution in [3.05, 3.63) is 23.8 Å². The summed E-state index contributed by atoms with van der Waals surface area (Å²) >= 11 is 0. The average Bonchev–Trinajstić information content (AvgIpc) is 2.61. The number of carboxylic acids is 1. The second-order valence-corrected chi connectivity index (χ2v) is 7.05. The second kappa shape index (κ2) is 14.5. The van der Waals surface area contributed by atoms with E-state index in [4.69, 9.17) is 9.84 Å². The van der Waals surface area contributed by atoms with E-state index in [1.54, 1.807) is 12.1 Å². The zero-order valence-electron chi connectivity index (χ0n) is 16.3. The molecule has 4 nitrogen and oxygen atoms in total. The van der Waals surface area contributed by atoms with E-state index in [1.165, 1.54) is 76.7 Å². The Morgan fingerprint density at radius 1 is 0.846 bits per heavy atom. The van der Waals surface area contributed by atoms with E-state index in [0.717, 1.165) is 12.8 Å². The maximum atomic E-state index is 11.2. The number of hydrogen-bond acceptors (Lipinski definition) is 3. The van der Waals surface area contributed by atoms with E-state index in [2.05, 4.69) is 6.92 Å². The standard InChI is InChI=1S/C22H36O4/c1-2-3-4-5-6-7-8-9-10-11-12-13-14-18-26-20-17-15-16-19(23)21(20)22(24)25/h15-17,23H,2-14,18H2,1H3,(H,24,25). The number of phenols is 1. The number of hydrogen-bond donors (Lipinski definition) is 2. The Labute approximate surface area is 158 Å². The van der Waals surface area contributed by atoms with Gasteiger partial charge in [0.1, 0.15) is 17.1 Å². The monoisotopic (exact) mass is 364 g/mol. The molecule has 0 atom stereocenters. The largest absolute Gasteiger partial charge is 0.507 e. The molecule has 0 aliphatic rings. The Morgan fingerprint density at radius 3 is 1.85 bits per heavy atom. The highest BCUT2D eigenvalue weighted by Crippen LogP contribution is 2.27. The van der Waals surface area contributed by atoms with Crippen LogP contribution in [0, 0.1) is 0 Å². The zero-order chi connectivity index (χ0) is 19.0. The lowest BCUT2D eigenvalue weighted by atomic mass is 10.0. The maximum Gasteiger partial charge on any atom is 0.343 e. The summed E-state index contributed by atoms with van der Waals surface area (Å²) < 4.78 is 5.54. The first-order chi connectivity index (χ1) is 12.7. The summed E-state index contributed by atoms with van der Waals surface area (Å²) in [5, 5.41) is 18.7. The van der Waals surface area contributed by atoms with Crippen LogP contribution in [-0.2, 0) is 0 Å². The minimum atomic E-state index is -1.16. The number of unbranched alkanes of at least 4 members (excludes halogenated alkanes) is 12. The predicted octanol–water partition coefficient (Wildman–Crippen LogP) is 6.56. The van der Waals surface area contributed by atoms with Gasteiger partial charge in [-0.05, 0) is 18.6 Å². The molecule has 0 aromatic heterocycles. The van der Waals surface area contributed by atoms with Crippen LogP contribution in [0.1, 0.15) is 101 Å². The van der Waals surface area contributed by atoms with Gasteiger partial charge in [0, 0.05) is 0 Å². The van der Waals surface area contributed by atoms with E-state index >= 15 is 0 Å². The van der Waals surface area contributed by atoms with Crippen LogP contribution in [-0.4, -0.2) is 22.8 Å². The molecule has 2 N–H and O–H groups in total. The number of carboxylic acid groups (broad SMARTS) is 1. The fourth-order valence-electron chi connectivity index (χ4n) is 3.16. The molecule has 1 rings (SSSR count). The van der Waals surface area contributed by atoms with Crippen LogP contribution >= 0.6 is 0 Å². The van der Waals surface area contributed by atoms with Gasteiger partial charge in [0.05, 0.1) is 6.61 Å². The van der Waals surface area contributed by atoms with Crippen LogP contribution in [0.2, 0.25) is 0 Å². The highest BCUT2D eigenvalue weighted by atomic mass is 16.5. The Morgan fingerprint density at radius 2 is 1.35 bits per heavy atom. The third-order valence-corrected chi connectivity index (χ3v) is 4.72. The van der Waals surface area contributed by atoms with Gasteiger partial charge in [0.2, 0.25) is 0 Å². The van der Waals surface area contributed by atoms with Gasteiger partial charge >= 0.3 is 5.97 Å². The molecule has 0 aliphatic heterocycles. The van der Waals surface area contributed by atoms with Gasteiger partial charge in [-0.1, -0.05) is 90.0 Å². The Bertz CT molecular complexity index is 499. The summed E-state index contributed by atoms with van der Waals surface area (Å²) in [6.45, 7) is 2.74. The normalized spacial score (nSPS) is 10.8. The first kappa shape index (κ1) is 22.3. The van der Waals surface area contributed by atoms with Gasteiger partial charge in [-0.25, -0.2) is 4.79 Å². The van der Waals surface area contributed by atoms with Gasteiger partial charge in [-0.15, -0.1) is 0 Å². The van der Waals surface area contributed by atoms with E-state index in [1.807, 2.05) is 0 Å². The third kappa shape index (κ3) is 9.69. The third-order valence-electron chi connectivity index (χ3n) is 4.72. The van der Waals surface area contributed by atoms with Gasteiger partial charge in [0.25, 0.3) is 0 Å². The molecule has 26 heavy (non-hydrogen) atoms. The van der Waals surface area contributed by atoms with Crippen molar-refractivity contribution < 1.29 is 19.7 Å². The van der Waals surface area contributed by atoms with E-state index in [9.17, 15) is 9.90 Å². The smallest absolute Gasteiger partial charge is 0.343 e. The summed E-state index contributed by atoms with van der Waals surface area (Å²) in [6, 6.07) is 4.55. The van der Waals surface area contributed by atoms with Crippen molar-refractivity contribution >= 4 is 5.97 Å². The minimum absolute atomic E-state index is 0.151. The number of carbonyl (C=O) groups is 1. The molecular formula is C22H36O4. The van der Waals surface area contributed by atoms with Gasteiger partial charge in [0.15, 0.2) is 0 Å². The number of benzene rings is 1. The zero-order valence-corrected chi connectivity index (χ0v) is 16.3. The Kier molecular flexibility index (Phi) is 12.4. The molecule has 0 heterocycles. The molecule has 148 valence electrons. The summed E-state index contributed by atoms with van der Waals surface area (Å²) in [6.07, 6.45) is 16.8. The van der Waals surface area contributed by atoms with Crippen LogP contribution in [0.4, 0.5) is 0 Å². The first-order valence-electron chi connectivity index (χ1n) is 10.3. The van der Waals surface area contributed by atoms with E-state index in [0.29, 0.717) is 6.61 Å². The quantitative estimate of drug-likeness (QED) is 0.326. The van der Waals surface area contributed by atoms with Crippen LogP contribution in [0.3, 0.4) is 0 Å². The molecule has 1 aromatic carbocycles. The van der Waals surface area contributed by atoms with Crippen molar-refractivity contribution in [1.82, 2.24) is 0 Å². The molecule has 0 unspecified atom stereocenters. The van der Waals surface area contributed by atoms with Crippen LogP contribution in [0.15, 0.2) is 18.2 Å². The number of ether oxygens (including phenoxy) is 1. The number of aromatic hydroxyl groups is 1. The lowest BCUT2D eigenvalue weighted by Gasteiger charge is -2.10. The molecular weight excluding hydrogens is 328 g/mol. The Hall–Kier alpha value is -1.71. The van der Waals surface area contributed by atoms with Crippen molar-refractivity contribution in [3.8, 4) is 11.5 Å². The molecule has 4 heteroatoms. The number of rotatable bonds is 16. The fraction of sp³-hybridized carbons (Fsp3) is 0.682. The topological polar surface area (TPSA) is 66.8 Å². The average molecular weight is 365 g/mol. The summed E-state index contributed by atoms with van der Waals surface area (Å²) in [7, 11) is 0. The molecule has 0 amide bonds. The van der Waals surface area contributed by atoms with Gasteiger partial charge in [-0.2, -0.15) is 0 Å². The molecule has 0 spiro atoms. The summed E-state index contributed by atoms with van der Waals surface area (Å²) in [4.78, 5) is 11.2. The Balaban J connectivity index is 1.97. The minimum Gasteiger partial charge on any atom is -0.507 e. The van der Waals surface area contributed by atoms with E-state index in [-0.39, 0.29) is 17.1 Å². The maximum absolute atomic E-state index is 11.2. The second-order valence-electron chi connectivity index (χ2n) is 7.05. The van der Waals surface area contributed by atoms with Gasteiger partial charge < -0.3 is 14.9 Å². The van der Waals surface area contributed by atoms with Crippen LogP contribution < -0.4 is 4.74 Å². The summed E-state index contributed by atoms with van der Waals surface area (Å²) in [5.41, 5.74) is -0.151. The highest BCUT2D eigenvalue weighted by molar-refractivity contribution is 5.93. The molecule has 0 radical (unpaired) electrons. The SMILES string of the molecule is CCCCCCCCCCCCCCCOc1cccc(O)c1C(=O)O. The van der Waals surface area contributed by atoms with Crippen molar-refractivity contribution in [2.45, 2.75) is 90.4 Å². The molecule has 0 saturated heterocycles. The molecule has 0 bridgehead atoms. The first-order valence-corrected chi connectivity index (χ1v) is 10.3. The highest BCUT2D eigenvalue weighted by Gasteiger charge is 2.15. The van der Waals surface area contributed by atoms with E-state index < -0.39 is 5.97 Å². The lowest BCUT2D eigenvalue weighted by Crippen LogP contribution is -2.04. The van der Waals surface area contributed by atoms with Crippen molar-refractivity contribution in [1.29, 1.82) is 0 Å². The fourth-order valence-corrected chi connectivity index (χ4v) is 3.16. The van der Waals surface area contributed by atoms with Crippen molar-refractivity contribution in [2.75, 3.05) is 6.61 Å². The van der Waals surface area contributed by atoms with Crippen molar-refractivity contribution in [3.63, 3.8) is 0 Å². The van der Waals surface area contributed by atoms with Crippen molar-refractivity contribution in [2.24, 2.45) is 0 Å². The van der Waals surface area contributed by atoms with Crippen LogP contribution in [0.5, 0.6) is 11.5 Å².